The van der Waals surface area contributed by atoms with Crippen molar-refractivity contribution < 1.29 is 13.5 Å². The number of alkyl halides is 2. The second-order valence-electron chi connectivity index (χ2n) is 4.27. The largest absolute Gasteiger partial charge is 0.377 e. The molecule has 1 N–H and O–H groups in total. The summed E-state index contributed by atoms with van der Waals surface area (Å²) in [5.74, 6) is 0. The molecule has 2 nitrogen and oxygen atoms in total. The van der Waals surface area contributed by atoms with E-state index >= 15 is 0 Å². The van der Waals surface area contributed by atoms with Crippen LogP contribution in [0.5, 0.6) is 0 Å². The minimum absolute atomic E-state index is 0.0581. The number of ether oxygens (including phenoxy) is 1. The van der Waals surface area contributed by atoms with E-state index in [1.165, 1.54) is 11.9 Å². The molecular weight excluding hydrogens is 196 g/mol. The Kier molecular flexibility index (Phi) is 3.20. The summed E-state index contributed by atoms with van der Waals surface area (Å²) in [7, 11) is 0. The van der Waals surface area contributed by atoms with E-state index in [0.717, 1.165) is 0 Å². The Morgan fingerprint density at radius 1 is 1.38 bits per heavy atom. The summed E-state index contributed by atoms with van der Waals surface area (Å²) in [5, 5.41) is 0. The maximum atomic E-state index is 12.6. The summed E-state index contributed by atoms with van der Waals surface area (Å²) in [6, 6.07) is 0. The maximum absolute atomic E-state index is 12.6. The summed E-state index contributed by atoms with van der Waals surface area (Å²) in [5.41, 5.74) is -1.11. The lowest BCUT2D eigenvalue weighted by atomic mass is 10.0. The van der Waals surface area contributed by atoms with Crippen molar-refractivity contribution in [2.75, 3.05) is 13.2 Å². The molecule has 0 aliphatic carbocycles. The van der Waals surface area contributed by atoms with Gasteiger partial charge in [-0.05, 0) is 20.8 Å². The van der Waals surface area contributed by atoms with Crippen LogP contribution in [-0.2, 0) is 4.74 Å². The number of halogens is 2. The Balaban J connectivity index is 2.41. The number of hydrogen-bond acceptors (Lipinski definition) is 3. The quantitative estimate of drug-likeness (QED) is 0.722. The molecular formula is C8H15F2NOS. The normalized spacial score (nSPS) is 21.7. The molecule has 0 spiro atoms. The third kappa shape index (κ3) is 2.79. The SMILES string of the molecule is CC(C)(C)SNC1(C(F)F)COC1. The van der Waals surface area contributed by atoms with Crippen LogP contribution >= 0.6 is 11.9 Å². The van der Waals surface area contributed by atoms with Crippen LogP contribution in [0.3, 0.4) is 0 Å². The third-order valence-electron chi connectivity index (χ3n) is 1.70. The highest BCUT2D eigenvalue weighted by molar-refractivity contribution is 7.98. The Hall–Kier alpha value is 0.130. The first-order valence-electron chi connectivity index (χ1n) is 4.17. The van der Waals surface area contributed by atoms with Gasteiger partial charge in [-0.25, -0.2) is 13.5 Å². The van der Waals surface area contributed by atoms with Crippen LogP contribution < -0.4 is 4.72 Å². The molecule has 1 fully saturated rings. The summed E-state index contributed by atoms with van der Waals surface area (Å²) in [6.45, 7) is 6.14. The zero-order chi connectivity index (χ0) is 10.1. The molecule has 1 rings (SSSR count). The average molecular weight is 211 g/mol. The van der Waals surface area contributed by atoms with Crippen molar-refractivity contribution in [3.05, 3.63) is 0 Å². The van der Waals surface area contributed by atoms with E-state index in [1.807, 2.05) is 20.8 Å². The first-order chi connectivity index (χ1) is 5.86. The molecule has 0 amide bonds. The molecule has 0 unspecified atom stereocenters. The van der Waals surface area contributed by atoms with Gasteiger partial charge < -0.3 is 4.74 Å². The Morgan fingerprint density at radius 3 is 2.15 bits per heavy atom. The lowest BCUT2D eigenvalue weighted by Gasteiger charge is -2.42. The highest BCUT2D eigenvalue weighted by Crippen LogP contribution is 2.31. The fraction of sp³-hybridized carbons (Fsp3) is 1.00. The van der Waals surface area contributed by atoms with Crippen LogP contribution in [0.2, 0.25) is 0 Å². The molecule has 0 aromatic heterocycles. The van der Waals surface area contributed by atoms with Crippen LogP contribution in [0.4, 0.5) is 8.78 Å². The summed E-state index contributed by atoms with van der Waals surface area (Å²) < 4.78 is 32.7. The monoisotopic (exact) mass is 211 g/mol. The number of hydrogen-bond donors (Lipinski definition) is 1. The molecule has 0 saturated carbocycles. The number of rotatable bonds is 3. The van der Waals surface area contributed by atoms with Gasteiger partial charge >= 0.3 is 0 Å². The zero-order valence-corrected chi connectivity index (χ0v) is 8.88. The highest BCUT2D eigenvalue weighted by Gasteiger charge is 2.47. The predicted molar refractivity (Wildman–Crippen MR) is 50.0 cm³/mol. The summed E-state index contributed by atoms with van der Waals surface area (Å²) in [6.07, 6.45) is -2.36. The highest BCUT2D eigenvalue weighted by atomic mass is 32.2. The first kappa shape index (κ1) is 11.2. The van der Waals surface area contributed by atoms with E-state index in [1.54, 1.807) is 0 Å². The van der Waals surface area contributed by atoms with E-state index in [4.69, 9.17) is 4.74 Å². The van der Waals surface area contributed by atoms with Crippen LogP contribution in [0, 0.1) is 0 Å². The summed E-state index contributed by atoms with van der Waals surface area (Å²) >= 11 is 1.33. The van der Waals surface area contributed by atoms with Crippen molar-refractivity contribution >= 4 is 11.9 Å². The average Bonchev–Trinajstić information content (AvgIpc) is 1.80. The lowest BCUT2D eigenvalue weighted by Crippen LogP contribution is -2.63. The van der Waals surface area contributed by atoms with Crippen molar-refractivity contribution in [3.63, 3.8) is 0 Å². The molecule has 0 bridgehead atoms. The van der Waals surface area contributed by atoms with E-state index in [2.05, 4.69) is 4.72 Å². The van der Waals surface area contributed by atoms with Crippen molar-refractivity contribution in [2.24, 2.45) is 0 Å². The second kappa shape index (κ2) is 3.71. The lowest BCUT2D eigenvalue weighted by molar-refractivity contribution is -0.132. The van der Waals surface area contributed by atoms with E-state index in [9.17, 15) is 8.78 Å². The Morgan fingerprint density at radius 2 is 1.92 bits per heavy atom. The molecule has 13 heavy (non-hydrogen) atoms. The second-order valence-corrected chi connectivity index (χ2v) is 5.90. The van der Waals surface area contributed by atoms with E-state index in [0.29, 0.717) is 0 Å². The van der Waals surface area contributed by atoms with Crippen LogP contribution in [0.25, 0.3) is 0 Å². The Bertz CT molecular complexity index is 177. The smallest absolute Gasteiger partial charge is 0.261 e. The molecule has 78 valence electrons. The van der Waals surface area contributed by atoms with Crippen molar-refractivity contribution in [3.8, 4) is 0 Å². The van der Waals surface area contributed by atoms with Gasteiger partial charge in [0.25, 0.3) is 6.43 Å². The fourth-order valence-electron chi connectivity index (χ4n) is 0.806. The molecule has 0 aromatic rings. The molecule has 1 saturated heterocycles. The molecule has 1 heterocycles. The fourth-order valence-corrected chi connectivity index (χ4v) is 1.52. The topological polar surface area (TPSA) is 21.3 Å². The number of nitrogens with one attached hydrogen (secondary N) is 1. The predicted octanol–water partition coefficient (Wildman–Crippen LogP) is 2.06. The van der Waals surface area contributed by atoms with Crippen molar-refractivity contribution in [1.82, 2.24) is 4.72 Å². The van der Waals surface area contributed by atoms with Gasteiger partial charge in [-0.3, -0.25) is 0 Å². The van der Waals surface area contributed by atoms with Gasteiger partial charge in [0.15, 0.2) is 0 Å². The molecule has 0 aromatic carbocycles. The molecule has 1 aliphatic rings. The van der Waals surface area contributed by atoms with Gasteiger partial charge in [0, 0.05) is 4.75 Å². The standard InChI is InChI=1S/C8H15F2NOS/c1-7(2,3)13-11-8(6(9)10)4-12-5-8/h6,11H,4-5H2,1-3H3. The molecule has 1 aliphatic heterocycles. The van der Waals surface area contributed by atoms with Gasteiger partial charge in [-0.2, -0.15) is 0 Å². The van der Waals surface area contributed by atoms with Crippen LogP contribution in [0.15, 0.2) is 0 Å². The van der Waals surface area contributed by atoms with E-state index in [-0.39, 0.29) is 18.0 Å². The summed E-state index contributed by atoms with van der Waals surface area (Å²) in [4.78, 5) is 0. The molecule has 0 radical (unpaired) electrons. The van der Waals surface area contributed by atoms with Gasteiger partial charge in [-0.15, -0.1) is 0 Å². The minimum atomic E-state index is -2.36. The van der Waals surface area contributed by atoms with Gasteiger partial charge in [0.1, 0.15) is 5.54 Å². The maximum Gasteiger partial charge on any atom is 0.261 e. The minimum Gasteiger partial charge on any atom is -0.377 e. The van der Waals surface area contributed by atoms with Gasteiger partial charge in [0.2, 0.25) is 0 Å². The van der Waals surface area contributed by atoms with Crippen molar-refractivity contribution in [1.29, 1.82) is 0 Å². The first-order valence-corrected chi connectivity index (χ1v) is 4.98. The zero-order valence-electron chi connectivity index (χ0n) is 8.06. The van der Waals surface area contributed by atoms with Crippen LogP contribution in [-0.4, -0.2) is 29.9 Å². The van der Waals surface area contributed by atoms with Gasteiger partial charge in [0.05, 0.1) is 13.2 Å². The van der Waals surface area contributed by atoms with Crippen molar-refractivity contribution in [2.45, 2.75) is 37.5 Å². The molecule has 0 atom stereocenters. The molecule has 5 heteroatoms. The van der Waals surface area contributed by atoms with Crippen LogP contribution in [0.1, 0.15) is 20.8 Å². The Labute approximate surface area is 81.5 Å². The van der Waals surface area contributed by atoms with Gasteiger partial charge in [-0.1, -0.05) is 11.9 Å². The van der Waals surface area contributed by atoms with E-state index < -0.39 is 12.0 Å². The third-order valence-corrected chi connectivity index (χ3v) is 2.82.